The minimum atomic E-state index is -1.03. The van der Waals surface area contributed by atoms with Crippen LogP contribution in [0, 0.1) is 9.39 Å². The highest BCUT2D eigenvalue weighted by Gasteiger charge is 2.41. The lowest BCUT2D eigenvalue weighted by Crippen LogP contribution is -2.42. The van der Waals surface area contributed by atoms with Gasteiger partial charge in [-0.1, -0.05) is 18.2 Å². The third-order valence-corrected chi connectivity index (χ3v) is 6.40. The monoisotopic (exact) mass is 585 g/mol. The molecule has 0 aromatic heterocycles. The minimum Gasteiger partial charge on any atom is -0.490 e. The molecule has 7 nitrogen and oxygen atoms in total. The summed E-state index contributed by atoms with van der Waals surface area (Å²) in [6.07, 6.45) is 1.56. The van der Waals surface area contributed by atoms with Gasteiger partial charge in [-0.2, -0.15) is 0 Å². The largest absolute Gasteiger partial charge is 0.490 e. The molecule has 1 saturated heterocycles. The maximum absolute atomic E-state index is 13.9. The summed E-state index contributed by atoms with van der Waals surface area (Å²) in [6.45, 7) is 3.64. The molecule has 0 bridgehead atoms. The molecule has 1 aliphatic rings. The molecule has 2 amide bonds. The van der Waals surface area contributed by atoms with Gasteiger partial charge in [-0.05, 0) is 78.0 Å². The Morgan fingerprint density at radius 2 is 1.97 bits per heavy atom. The lowest BCUT2D eigenvalue weighted by Gasteiger charge is -2.18. The van der Waals surface area contributed by atoms with Crippen molar-refractivity contribution in [2.75, 3.05) is 13.7 Å². The van der Waals surface area contributed by atoms with Gasteiger partial charge in [-0.25, -0.2) is 9.18 Å². The number of imide groups is 1. The first-order chi connectivity index (χ1) is 15.8. The number of amides is 2. The Bertz CT molecular complexity index is 1120. The first-order valence-corrected chi connectivity index (χ1v) is 11.8. The predicted molar refractivity (Wildman–Crippen MR) is 130 cm³/mol. The van der Waals surface area contributed by atoms with Gasteiger partial charge in [0.1, 0.15) is 18.5 Å². The maximum atomic E-state index is 13.9. The van der Waals surface area contributed by atoms with Crippen molar-refractivity contribution in [1.82, 2.24) is 4.90 Å². The second-order valence-electron chi connectivity index (χ2n) is 6.89. The maximum Gasteiger partial charge on any atom is 0.328 e. The van der Waals surface area contributed by atoms with Crippen molar-refractivity contribution in [2.45, 2.75) is 26.5 Å². The van der Waals surface area contributed by atoms with Crippen LogP contribution in [0.1, 0.15) is 25.0 Å². The van der Waals surface area contributed by atoms with Crippen molar-refractivity contribution in [1.29, 1.82) is 0 Å². The van der Waals surface area contributed by atoms with Gasteiger partial charge in [0.25, 0.3) is 11.1 Å². The van der Waals surface area contributed by atoms with Gasteiger partial charge < -0.3 is 14.2 Å². The van der Waals surface area contributed by atoms with Crippen molar-refractivity contribution < 1.29 is 33.0 Å². The molecule has 0 unspecified atom stereocenters. The summed E-state index contributed by atoms with van der Waals surface area (Å²) in [5.74, 6) is -0.739. The average Bonchev–Trinajstić information content (AvgIpc) is 3.06. The molecule has 1 fully saturated rings. The fourth-order valence-corrected chi connectivity index (χ4v) is 4.77. The van der Waals surface area contributed by atoms with E-state index in [0.29, 0.717) is 32.8 Å². The Morgan fingerprint density at radius 1 is 1.24 bits per heavy atom. The highest BCUT2D eigenvalue weighted by Crippen LogP contribution is 2.38. The number of carbonyl (C=O) groups is 3. The Kier molecular flexibility index (Phi) is 8.35. The summed E-state index contributed by atoms with van der Waals surface area (Å²) in [5.41, 5.74) is 1.02. The Balaban J connectivity index is 1.88. The number of benzene rings is 2. The topological polar surface area (TPSA) is 82.1 Å². The molecule has 1 atom stereocenters. The number of nitrogens with zero attached hydrogens (tertiary/aromatic N) is 1. The summed E-state index contributed by atoms with van der Waals surface area (Å²) in [5, 5.41) is -0.547. The molecular weight excluding hydrogens is 564 g/mol. The molecule has 0 N–H and O–H groups in total. The fraction of sp³-hybridized carbons (Fsp3) is 0.261. The van der Waals surface area contributed by atoms with Crippen LogP contribution in [0.5, 0.6) is 11.5 Å². The van der Waals surface area contributed by atoms with Gasteiger partial charge >= 0.3 is 5.97 Å². The molecule has 2 aromatic rings. The number of carbonyl (C=O) groups excluding carboxylic acids is 3. The molecule has 10 heteroatoms. The normalized spacial score (nSPS) is 15.7. The lowest BCUT2D eigenvalue weighted by atomic mass is 10.1. The Labute approximate surface area is 208 Å². The van der Waals surface area contributed by atoms with Crippen LogP contribution in [-0.2, 0) is 20.9 Å². The van der Waals surface area contributed by atoms with Crippen molar-refractivity contribution in [3.8, 4) is 11.5 Å². The number of esters is 1. The molecule has 1 aliphatic heterocycles. The third-order valence-electron chi connectivity index (χ3n) is 4.71. The zero-order valence-electron chi connectivity index (χ0n) is 18.1. The van der Waals surface area contributed by atoms with Gasteiger partial charge in [0.15, 0.2) is 11.5 Å². The van der Waals surface area contributed by atoms with Gasteiger partial charge in [0, 0.05) is 5.56 Å². The van der Waals surface area contributed by atoms with Crippen molar-refractivity contribution >= 4 is 57.5 Å². The molecule has 2 aromatic carbocycles. The van der Waals surface area contributed by atoms with Crippen LogP contribution < -0.4 is 9.47 Å². The SMILES string of the molecule is CCOc1cc(/C=C2/SC(=O)N([C@H](C)C(=O)OC)C2=O)cc(I)c1OCc1ccccc1F. The first kappa shape index (κ1) is 25.0. The quantitative estimate of drug-likeness (QED) is 0.245. The van der Waals surface area contributed by atoms with Gasteiger partial charge in [-0.15, -0.1) is 0 Å². The second-order valence-corrected chi connectivity index (χ2v) is 9.05. The first-order valence-electron chi connectivity index (χ1n) is 9.94. The van der Waals surface area contributed by atoms with Crippen LogP contribution in [0.3, 0.4) is 0 Å². The summed E-state index contributed by atoms with van der Waals surface area (Å²) in [7, 11) is 1.20. The number of halogens is 2. The van der Waals surface area contributed by atoms with Crippen LogP contribution in [-0.4, -0.2) is 41.8 Å². The standard InChI is InChI=1S/C23H21FINO6S/c1-4-31-18-10-14(9-17(25)20(18)32-12-15-7-5-6-8-16(15)24)11-19-21(27)26(23(29)33-19)13(2)22(28)30-3/h5-11,13H,4,12H2,1-3H3/b19-11+/t13-/m1/s1. The highest BCUT2D eigenvalue weighted by atomic mass is 127. The van der Waals surface area contributed by atoms with Crippen molar-refractivity contribution in [3.63, 3.8) is 0 Å². The molecule has 0 spiro atoms. The summed E-state index contributed by atoms with van der Waals surface area (Å²) < 4.78 is 30.8. The fourth-order valence-electron chi connectivity index (χ4n) is 3.08. The van der Waals surface area contributed by atoms with E-state index in [1.165, 1.54) is 20.1 Å². The summed E-state index contributed by atoms with van der Waals surface area (Å²) in [4.78, 5) is 37.9. The number of methoxy groups -OCH3 is 1. The molecule has 33 heavy (non-hydrogen) atoms. The number of hydrogen-bond donors (Lipinski definition) is 0. The van der Waals surface area contributed by atoms with E-state index in [1.807, 2.05) is 6.92 Å². The van der Waals surface area contributed by atoms with E-state index in [0.717, 1.165) is 16.7 Å². The lowest BCUT2D eigenvalue weighted by molar-refractivity contribution is -0.148. The molecule has 174 valence electrons. The zero-order valence-corrected chi connectivity index (χ0v) is 21.1. The van der Waals surface area contributed by atoms with Crippen molar-refractivity contribution in [3.05, 3.63) is 61.8 Å². The van der Waals surface area contributed by atoms with E-state index in [4.69, 9.17) is 9.47 Å². The smallest absolute Gasteiger partial charge is 0.328 e. The number of thioether (sulfide) groups is 1. The van der Waals surface area contributed by atoms with E-state index in [2.05, 4.69) is 27.3 Å². The van der Waals surface area contributed by atoms with Crippen LogP contribution in [0.25, 0.3) is 6.08 Å². The number of ether oxygens (including phenoxy) is 3. The van der Waals surface area contributed by atoms with Crippen LogP contribution in [0.15, 0.2) is 41.3 Å². The molecule has 0 saturated carbocycles. The van der Waals surface area contributed by atoms with Crippen LogP contribution in [0.2, 0.25) is 0 Å². The molecule has 1 heterocycles. The predicted octanol–water partition coefficient (Wildman–Crippen LogP) is 5.01. The molecule has 0 radical (unpaired) electrons. The van der Waals surface area contributed by atoms with Crippen molar-refractivity contribution in [2.24, 2.45) is 0 Å². The molecular formula is C23H21FINO6S. The summed E-state index contributed by atoms with van der Waals surface area (Å²) in [6, 6.07) is 8.76. The molecule has 3 rings (SSSR count). The average molecular weight is 585 g/mol. The van der Waals surface area contributed by atoms with E-state index >= 15 is 0 Å². The van der Waals surface area contributed by atoms with Gasteiger partial charge in [0.05, 0.1) is 22.2 Å². The minimum absolute atomic E-state index is 0.0202. The molecule has 0 aliphatic carbocycles. The van der Waals surface area contributed by atoms with Crippen LogP contribution >= 0.6 is 34.4 Å². The Morgan fingerprint density at radius 3 is 2.64 bits per heavy atom. The third kappa shape index (κ3) is 5.67. The van der Waals surface area contributed by atoms with E-state index < -0.39 is 23.2 Å². The van der Waals surface area contributed by atoms with E-state index in [-0.39, 0.29) is 17.3 Å². The second kappa shape index (κ2) is 11.0. The Hall–Kier alpha value is -2.60. The van der Waals surface area contributed by atoms with Gasteiger partial charge in [-0.3, -0.25) is 14.5 Å². The number of hydrogen-bond acceptors (Lipinski definition) is 7. The van der Waals surface area contributed by atoms with E-state index in [9.17, 15) is 18.8 Å². The zero-order chi connectivity index (χ0) is 24.1. The number of rotatable bonds is 8. The highest BCUT2D eigenvalue weighted by molar-refractivity contribution is 14.1. The van der Waals surface area contributed by atoms with E-state index in [1.54, 1.807) is 36.4 Å². The van der Waals surface area contributed by atoms with Crippen LogP contribution in [0.4, 0.5) is 9.18 Å². The summed E-state index contributed by atoms with van der Waals surface area (Å²) >= 11 is 2.81. The van der Waals surface area contributed by atoms with Gasteiger partial charge in [0.2, 0.25) is 0 Å².